The number of aliphatic imine (C=N–C) groups is 1. The predicted molar refractivity (Wildman–Crippen MR) is 137 cm³/mol. The Morgan fingerprint density at radius 1 is 1.06 bits per heavy atom. The van der Waals surface area contributed by atoms with Crippen molar-refractivity contribution in [1.29, 1.82) is 0 Å². The van der Waals surface area contributed by atoms with Crippen molar-refractivity contribution < 1.29 is 23.9 Å². The molecule has 0 bridgehead atoms. The highest BCUT2D eigenvalue weighted by molar-refractivity contribution is 6.35. The largest absolute Gasteiger partial charge is 0.490 e. The zero-order valence-electron chi connectivity index (χ0n) is 19.3. The molecule has 0 aliphatic carbocycles. The van der Waals surface area contributed by atoms with Crippen LogP contribution >= 0.6 is 23.2 Å². The van der Waals surface area contributed by atoms with Gasteiger partial charge in [-0.15, -0.1) is 0 Å². The average molecular weight is 527 g/mol. The van der Waals surface area contributed by atoms with Crippen LogP contribution in [0.2, 0.25) is 10.0 Å². The SMILES string of the molecule is CCOc1cc(/C=C2\N=C(c3ccc([N+](=O)[O-])cc3Cl)OC2=O)cc(Cl)c1OCc1ccc(C)cc1. The van der Waals surface area contributed by atoms with Crippen LogP contribution < -0.4 is 9.47 Å². The summed E-state index contributed by atoms with van der Waals surface area (Å²) in [6, 6.07) is 15.0. The lowest BCUT2D eigenvalue weighted by Gasteiger charge is -2.14. The Morgan fingerprint density at radius 2 is 1.81 bits per heavy atom. The van der Waals surface area contributed by atoms with Crippen LogP contribution in [0.5, 0.6) is 11.5 Å². The molecule has 4 rings (SSSR count). The summed E-state index contributed by atoms with van der Waals surface area (Å²) in [4.78, 5) is 27.0. The second-order valence-electron chi connectivity index (χ2n) is 7.79. The molecule has 8 nitrogen and oxygen atoms in total. The highest BCUT2D eigenvalue weighted by Gasteiger charge is 2.27. The first-order valence-corrected chi connectivity index (χ1v) is 11.6. The van der Waals surface area contributed by atoms with Crippen LogP contribution in [0.25, 0.3) is 6.08 Å². The average Bonchev–Trinajstić information content (AvgIpc) is 3.19. The molecule has 0 atom stereocenters. The van der Waals surface area contributed by atoms with E-state index < -0.39 is 10.9 Å². The van der Waals surface area contributed by atoms with Crippen LogP contribution in [0, 0.1) is 17.0 Å². The lowest BCUT2D eigenvalue weighted by Crippen LogP contribution is -2.06. The van der Waals surface area contributed by atoms with E-state index in [-0.39, 0.29) is 27.9 Å². The summed E-state index contributed by atoms with van der Waals surface area (Å²) in [6.07, 6.45) is 1.49. The minimum absolute atomic E-state index is 0.00579. The van der Waals surface area contributed by atoms with Gasteiger partial charge in [-0.3, -0.25) is 10.1 Å². The molecule has 1 aliphatic heterocycles. The van der Waals surface area contributed by atoms with Gasteiger partial charge in [-0.25, -0.2) is 9.79 Å². The number of aryl methyl sites for hydroxylation is 1. The summed E-state index contributed by atoms with van der Waals surface area (Å²) in [7, 11) is 0. The summed E-state index contributed by atoms with van der Waals surface area (Å²) in [5, 5.41) is 11.3. The molecule has 0 unspecified atom stereocenters. The number of nitro benzene ring substituents is 1. The highest BCUT2D eigenvalue weighted by atomic mass is 35.5. The van der Waals surface area contributed by atoms with Gasteiger partial charge in [0.15, 0.2) is 17.2 Å². The number of halogens is 2. The molecule has 0 radical (unpaired) electrons. The maximum absolute atomic E-state index is 12.4. The fourth-order valence-corrected chi connectivity index (χ4v) is 3.92. The molecule has 3 aromatic carbocycles. The number of carbonyl (C=O) groups is 1. The normalized spacial score (nSPS) is 13.9. The minimum Gasteiger partial charge on any atom is -0.490 e. The molecule has 36 heavy (non-hydrogen) atoms. The van der Waals surface area contributed by atoms with Crippen molar-refractivity contribution in [3.8, 4) is 11.5 Å². The van der Waals surface area contributed by atoms with Gasteiger partial charge in [0.2, 0.25) is 5.90 Å². The highest BCUT2D eigenvalue weighted by Crippen LogP contribution is 2.38. The van der Waals surface area contributed by atoms with E-state index in [4.69, 9.17) is 37.4 Å². The number of carbonyl (C=O) groups excluding carboxylic acids is 1. The zero-order chi connectivity index (χ0) is 25.8. The standard InChI is InChI=1S/C26H20Cl2N2O6/c1-3-34-23-12-17(10-21(28)24(23)35-14-16-6-4-15(2)5-7-16)11-22-26(31)36-25(29-22)19-9-8-18(30(32)33)13-20(19)27/h4-13H,3,14H2,1-2H3/b22-11-. The van der Waals surface area contributed by atoms with Gasteiger partial charge in [0.05, 0.1) is 27.1 Å². The van der Waals surface area contributed by atoms with E-state index in [9.17, 15) is 14.9 Å². The summed E-state index contributed by atoms with van der Waals surface area (Å²) in [5.41, 5.74) is 2.74. The maximum Gasteiger partial charge on any atom is 0.363 e. The van der Waals surface area contributed by atoms with Gasteiger partial charge in [-0.2, -0.15) is 0 Å². The molecule has 0 aromatic heterocycles. The van der Waals surface area contributed by atoms with Gasteiger partial charge in [-0.05, 0) is 49.2 Å². The van der Waals surface area contributed by atoms with E-state index in [1.807, 2.05) is 38.1 Å². The van der Waals surface area contributed by atoms with E-state index in [0.29, 0.717) is 35.3 Å². The van der Waals surface area contributed by atoms with Crippen LogP contribution in [-0.2, 0) is 16.1 Å². The van der Waals surface area contributed by atoms with Crippen molar-refractivity contribution in [2.45, 2.75) is 20.5 Å². The fourth-order valence-electron chi connectivity index (χ4n) is 3.39. The smallest absolute Gasteiger partial charge is 0.363 e. The summed E-state index contributed by atoms with van der Waals surface area (Å²) in [5.74, 6) is 0.0450. The second-order valence-corrected chi connectivity index (χ2v) is 8.61. The van der Waals surface area contributed by atoms with Crippen LogP contribution in [0.4, 0.5) is 5.69 Å². The maximum atomic E-state index is 12.4. The number of nitro groups is 1. The van der Waals surface area contributed by atoms with Crippen molar-refractivity contribution in [2.75, 3.05) is 6.61 Å². The number of cyclic esters (lactones) is 1. The van der Waals surface area contributed by atoms with Crippen LogP contribution in [0.15, 0.2) is 65.3 Å². The van der Waals surface area contributed by atoms with Crippen molar-refractivity contribution in [1.82, 2.24) is 0 Å². The third-order valence-electron chi connectivity index (χ3n) is 5.15. The molecule has 1 heterocycles. The fraction of sp³-hybridized carbons (Fsp3) is 0.154. The number of esters is 1. The molecule has 184 valence electrons. The molecular weight excluding hydrogens is 507 g/mol. The Bertz CT molecular complexity index is 1400. The van der Waals surface area contributed by atoms with E-state index in [0.717, 1.165) is 11.1 Å². The van der Waals surface area contributed by atoms with Crippen LogP contribution in [-0.4, -0.2) is 23.4 Å². The third kappa shape index (κ3) is 5.67. The summed E-state index contributed by atoms with van der Waals surface area (Å²) in [6.45, 7) is 4.52. The number of benzene rings is 3. The molecule has 1 aliphatic rings. The second kappa shape index (κ2) is 10.8. The van der Waals surface area contributed by atoms with Crippen molar-refractivity contribution in [2.24, 2.45) is 4.99 Å². The first kappa shape index (κ1) is 25.2. The van der Waals surface area contributed by atoms with Crippen molar-refractivity contribution >= 4 is 46.8 Å². The van der Waals surface area contributed by atoms with Gasteiger partial charge < -0.3 is 14.2 Å². The Balaban J connectivity index is 1.61. The van der Waals surface area contributed by atoms with E-state index in [2.05, 4.69) is 4.99 Å². The van der Waals surface area contributed by atoms with Gasteiger partial charge >= 0.3 is 5.97 Å². The van der Waals surface area contributed by atoms with E-state index in [1.54, 1.807) is 12.1 Å². The zero-order valence-corrected chi connectivity index (χ0v) is 20.8. The minimum atomic E-state index is -0.701. The third-order valence-corrected chi connectivity index (χ3v) is 5.75. The van der Waals surface area contributed by atoms with Gasteiger partial charge in [0.1, 0.15) is 6.61 Å². The number of hydrogen-bond donors (Lipinski definition) is 0. The lowest BCUT2D eigenvalue weighted by atomic mass is 10.1. The number of non-ortho nitro benzene ring substituents is 1. The summed E-state index contributed by atoms with van der Waals surface area (Å²) >= 11 is 12.7. The molecule has 10 heteroatoms. The number of nitrogens with zero attached hydrogens (tertiary/aromatic N) is 2. The first-order chi connectivity index (χ1) is 17.2. The van der Waals surface area contributed by atoms with Crippen molar-refractivity contribution in [3.63, 3.8) is 0 Å². The van der Waals surface area contributed by atoms with Crippen LogP contribution in [0.3, 0.4) is 0 Å². The Labute approximate surface area is 216 Å². The molecule has 0 saturated carbocycles. The Hall–Kier alpha value is -3.88. The quantitative estimate of drug-likeness (QED) is 0.143. The monoisotopic (exact) mass is 526 g/mol. The van der Waals surface area contributed by atoms with Gasteiger partial charge in [0, 0.05) is 12.1 Å². The lowest BCUT2D eigenvalue weighted by molar-refractivity contribution is -0.384. The van der Waals surface area contributed by atoms with Crippen LogP contribution in [0.1, 0.15) is 29.2 Å². The molecule has 0 fully saturated rings. The molecule has 0 saturated heterocycles. The Kier molecular flexibility index (Phi) is 7.57. The molecule has 0 N–H and O–H groups in total. The van der Waals surface area contributed by atoms with Crippen molar-refractivity contribution in [3.05, 3.63) is 103 Å². The Morgan fingerprint density at radius 3 is 2.47 bits per heavy atom. The molecule has 0 amide bonds. The molecule has 3 aromatic rings. The summed E-state index contributed by atoms with van der Waals surface area (Å²) < 4.78 is 16.9. The topological polar surface area (TPSA) is 100 Å². The van der Waals surface area contributed by atoms with Gasteiger partial charge in [-0.1, -0.05) is 53.0 Å². The molecule has 0 spiro atoms. The van der Waals surface area contributed by atoms with Gasteiger partial charge in [0.25, 0.3) is 5.69 Å². The van der Waals surface area contributed by atoms with E-state index in [1.165, 1.54) is 24.3 Å². The first-order valence-electron chi connectivity index (χ1n) is 10.9. The number of hydrogen-bond acceptors (Lipinski definition) is 7. The number of ether oxygens (including phenoxy) is 3. The number of rotatable bonds is 8. The molecular formula is C26H20Cl2N2O6. The van der Waals surface area contributed by atoms with E-state index >= 15 is 0 Å². The predicted octanol–water partition coefficient (Wildman–Crippen LogP) is 6.53.